The average molecular weight is 909 g/mol. The van der Waals surface area contributed by atoms with Crippen molar-refractivity contribution in [3.8, 4) is 45.6 Å². The van der Waals surface area contributed by atoms with Crippen molar-refractivity contribution in [3.63, 3.8) is 0 Å². The van der Waals surface area contributed by atoms with Crippen molar-refractivity contribution in [2.24, 2.45) is 11.8 Å². The first kappa shape index (κ1) is 45.6. The van der Waals surface area contributed by atoms with Gasteiger partial charge in [0.2, 0.25) is 11.8 Å². The van der Waals surface area contributed by atoms with Gasteiger partial charge in [0.1, 0.15) is 0 Å². The van der Waals surface area contributed by atoms with Crippen molar-refractivity contribution >= 4 is 0 Å². The molecule has 352 valence electrons. The minimum atomic E-state index is -0.509. The van der Waals surface area contributed by atoms with Crippen LogP contribution in [0, 0.1) is 23.5 Å². The van der Waals surface area contributed by atoms with Gasteiger partial charge in [0.15, 0.2) is 11.6 Å². The maximum Gasteiger partial charge on any atom is 0.250 e. The van der Waals surface area contributed by atoms with Crippen LogP contribution in [-0.2, 0) is 48.2 Å². The first-order valence-electron chi connectivity index (χ1n) is 23.4. The van der Waals surface area contributed by atoms with Crippen molar-refractivity contribution in [1.29, 1.82) is 0 Å². The van der Waals surface area contributed by atoms with Crippen molar-refractivity contribution in [1.82, 2.24) is 58.9 Å². The standard InChI is InChI=1S/2C24H31FN6O2/c2*1-16(2)29-7-4-17(13-29)14-30-15-18(11-27-30)23-20-5-8-33-9-6-22(20)31(28-23)19-10-21(25)24(32-3)26-12-19/h2*10-12,15-17H,4-9,13-14H2,1-3H3/t2*17-/m10/s1. The van der Waals surface area contributed by atoms with Crippen LogP contribution in [0.2, 0.25) is 0 Å². The van der Waals surface area contributed by atoms with E-state index in [0.717, 1.165) is 97.1 Å². The molecule has 18 heteroatoms. The second-order valence-corrected chi connectivity index (χ2v) is 18.4. The molecule has 0 N–H and O–H groups in total. The van der Waals surface area contributed by atoms with Crippen LogP contribution in [0.15, 0.2) is 49.3 Å². The lowest BCUT2D eigenvalue weighted by atomic mass is 10.0. The number of halogens is 2. The summed E-state index contributed by atoms with van der Waals surface area (Å²) in [6.45, 7) is 17.9. The Labute approximate surface area is 384 Å². The summed E-state index contributed by atoms with van der Waals surface area (Å²) in [4.78, 5) is 13.2. The molecule has 0 amide bonds. The molecule has 6 aromatic heterocycles. The van der Waals surface area contributed by atoms with Crippen LogP contribution in [0.25, 0.3) is 33.9 Å². The third-order valence-electron chi connectivity index (χ3n) is 13.4. The fourth-order valence-corrected chi connectivity index (χ4v) is 9.82. The van der Waals surface area contributed by atoms with Crippen LogP contribution >= 0.6 is 0 Å². The summed E-state index contributed by atoms with van der Waals surface area (Å²) >= 11 is 0. The third-order valence-corrected chi connectivity index (χ3v) is 13.4. The number of hydrogen-bond donors (Lipinski definition) is 0. The molecule has 2 atom stereocenters. The van der Waals surface area contributed by atoms with Gasteiger partial charge in [-0.1, -0.05) is 0 Å². The number of ether oxygens (including phenoxy) is 4. The Hall–Kier alpha value is -5.56. The van der Waals surface area contributed by atoms with E-state index in [4.69, 9.17) is 29.1 Å². The largest absolute Gasteiger partial charge is 0.479 e. The fraction of sp³-hybridized carbons (Fsp3) is 0.542. The van der Waals surface area contributed by atoms with E-state index in [1.54, 1.807) is 21.8 Å². The van der Waals surface area contributed by atoms with E-state index in [0.29, 0.717) is 74.6 Å². The highest BCUT2D eigenvalue weighted by Crippen LogP contribution is 2.33. The molecule has 16 nitrogen and oxygen atoms in total. The summed E-state index contributed by atoms with van der Waals surface area (Å²) in [5.74, 6) is 0.152. The summed E-state index contributed by atoms with van der Waals surface area (Å²) in [5.41, 5.74) is 9.20. The Morgan fingerprint density at radius 1 is 0.621 bits per heavy atom. The van der Waals surface area contributed by atoms with Gasteiger partial charge in [0, 0.05) is 97.9 Å². The average Bonchev–Trinajstić information content (AvgIpc) is 4.18. The zero-order valence-corrected chi connectivity index (χ0v) is 39.0. The van der Waals surface area contributed by atoms with Crippen LogP contribution in [0.4, 0.5) is 8.78 Å². The molecule has 0 aliphatic carbocycles. The second kappa shape index (κ2) is 20.1. The topological polar surface area (TPSA) is 140 Å². The van der Waals surface area contributed by atoms with Crippen LogP contribution < -0.4 is 9.47 Å². The first-order chi connectivity index (χ1) is 32.1. The minimum Gasteiger partial charge on any atom is -0.479 e. The molecule has 0 aromatic carbocycles. The Morgan fingerprint density at radius 3 is 1.42 bits per heavy atom. The number of hydrogen-bond acceptors (Lipinski definition) is 12. The number of nitrogens with zero attached hydrogens (tertiary/aromatic N) is 12. The van der Waals surface area contributed by atoms with Crippen LogP contribution in [0.5, 0.6) is 11.8 Å². The lowest BCUT2D eigenvalue weighted by Crippen LogP contribution is -2.28. The Balaban J connectivity index is 0.000000166. The van der Waals surface area contributed by atoms with Gasteiger partial charge in [-0.25, -0.2) is 28.1 Å². The maximum absolute atomic E-state index is 14.4. The SMILES string of the molecule is COc1ncc(-n2nc(-c3cnn(C[C@@H]4CCN(C(C)C)C4)c3)c3c2CCOCC3)cc1F.COc1ncc(-n2nc(-c3cnn(C[C@H]4CCN(C(C)C)C4)c3)c3c2CCOCC3)cc1F. The smallest absolute Gasteiger partial charge is 0.250 e. The Kier molecular flexibility index (Phi) is 13.9. The second-order valence-electron chi connectivity index (χ2n) is 18.4. The Bertz CT molecular complexity index is 2420. The van der Waals surface area contributed by atoms with Gasteiger partial charge in [0.05, 0.1) is 99.6 Å². The van der Waals surface area contributed by atoms with Crippen LogP contribution in [0.1, 0.15) is 63.1 Å². The molecule has 2 fully saturated rings. The lowest BCUT2D eigenvalue weighted by Gasteiger charge is -2.20. The van der Waals surface area contributed by atoms with Crippen molar-refractivity contribution in [2.45, 2.75) is 91.4 Å². The summed E-state index contributed by atoms with van der Waals surface area (Å²) in [7, 11) is 2.81. The number of rotatable bonds is 12. The number of methoxy groups -OCH3 is 2. The van der Waals surface area contributed by atoms with E-state index >= 15 is 0 Å². The molecule has 0 unspecified atom stereocenters. The molecule has 4 aliphatic heterocycles. The molecule has 0 saturated carbocycles. The molecular formula is C48H62F2N12O4. The monoisotopic (exact) mass is 908 g/mol. The summed E-state index contributed by atoms with van der Waals surface area (Å²) in [6.07, 6.45) is 16.5. The summed E-state index contributed by atoms with van der Waals surface area (Å²) in [6, 6.07) is 4.00. The highest BCUT2D eigenvalue weighted by molar-refractivity contribution is 5.65. The van der Waals surface area contributed by atoms with Crippen molar-refractivity contribution in [3.05, 3.63) is 83.5 Å². The lowest BCUT2D eigenvalue weighted by molar-refractivity contribution is 0.145. The van der Waals surface area contributed by atoms with Crippen molar-refractivity contribution < 1.29 is 27.7 Å². The quantitative estimate of drug-likeness (QED) is 0.137. The third kappa shape index (κ3) is 9.78. The predicted molar refractivity (Wildman–Crippen MR) is 244 cm³/mol. The minimum absolute atomic E-state index is 0.0234. The van der Waals surface area contributed by atoms with Crippen LogP contribution in [0.3, 0.4) is 0 Å². The highest BCUT2D eigenvalue weighted by atomic mass is 19.1. The number of aromatic nitrogens is 10. The summed E-state index contributed by atoms with van der Waals surface area (Å²) < 4.78 is 57.8. The molecule has 10 heterocycles. The molecule has 6 aromatic rings. The predicted octanol–water partition coefficient (Wildman–Crippen LogP) is 6.25. The number of fused-ring (bicyclic) bond motifs is 2. The number of likely N-dealkylation sites (tertiary alicyclic amines) is 2. The van der Waals surface area contributed by atoms with Gasteiger partial charge < -0.3 is 28.7 Å². The molecule has 0 spiro atoms. The van der Waals surface area contributed by atoms with E-state index in [1.807, 2.05) is 21.8 Å². The number of pyridine rings is 2. The molecule has 4 aliphatic rings. The molecule has 0 radical (unpaired) electrons. The van der Waals surface area contributed by atoms with Crippen molar-refractivity contribution in [2.75, 3.05) is 66.8 Å². The highest BCUT2D eigenvalue weighted by Gasteiger charge is 2.29. The fourth-order valence-electron chi connectivity index (χ4n) is 9.82. The van der Waals surface area contributed by atoms with E-state index < -0.39 is 11.6 Å². The van der Waals surface area contributed by atoms with E-state index in [2.05, 4.69) is 70.1 Å². The zero-order valence-electron chi connectivity index (χ0n) is 39.0. The first-order valence-corrected chi connectivity index (χ1v) is 23.4. The van der Waals surface area contributed by atoms with Gasteiger partial charge >= 0.3 is 0 Å². The van der Waals surface area contributed by atoms with E-state index in [1.165, 1.54) is 39.2 Å². The molecule has 66 heavy (non-hydrogen) atoms. The molecular weight excluding hydrogens is 847 g/mol. The van der Waals surface area contributed by atoms with Crippen LogP contribution in [-0.4, -0.2) is 138 Å². The Morgan fingerprint density at radius 2 is 1.05 bits per heavy atom. The van der Waals surface area contributed by atoms with Gasteiger partial charge in [-0.2, -0.15) is 20.4 Å². The molecule has 0 bridgehead atoms. The summed E-state index contributed by atoms with van der Waals surface area (Å²) in [5, 5.41) is 19.1. The maximum atomic E-state index is 14.4. The zero-order chi connectivity index (χ0) is 45.9. The molecule has 2 saturated heterocycles. The van der Waals surface area contributed by atoms with E-state index in [-0.39, 0.29) is 11.8 Å². The normalized spacial score (nSPS) is 19.1. The van der Waals surface area contributed by atoms with Gasteiger partial charge in [-0.05, 0) is 78.3 Å². The van der Waals surface area contributed by atoms with Gasteiger partial charge in [-0.3, -0.25) is 9.36 Å². The molecule has 10 rings (SSSR count). The van der Waals surface area contributed by atoms with Gasteiger partial charge in [0.25, 0.3) is 0 Å². The van der Waals surface area contributed by atoms with E-state index in [9.17, 15) is 8.78 Å². The van der Waals surface area contributed by atoms with Gasteiger partial charge in [-0.15, -0.1) is 0 Å².